The number of para-hydroxylation sites is 2. The lowest BCUT2D eigenvalue weighted by molar-refractivity contribution is -0.885. The minimum atomic E-state index is -0.263. The van der Waals surface area contributed by atoms with Crippen molar-refractivity contribution in [3.63, 3.8) is 0 Å². The maximum Gasteiger partial charge on any atom is 0.279 e. The summed E-state index contributed by atoms with van der Waals surface area (Å²) in [6.45, 7) is 10.2. The van der Waals surface area contributed by atoms with E-state index in [1.54, 1.807) is 6.92 Å². The largest absolute Gasteiger partial charge is 0.321 e. The third-order valence-corrected chi connectivity index (χ3v) is 5.13. The van der Waals surface area contributed by atoms with E-state index in [4.69, 9.17) is 0 Å². The zero-order valence-electron chi connectivity index (χ0n) is 18.4. The molecule has 2 aromatic carbocycles. The molecule has 0 aromatic heterocycles. The van der Waals surface area contributed by atoms with E-state index >= 15 is 0 Å². The normalized spacial score (nSPS) is 11.6. The van der Waals surface area contributed by atoms with Gasteiger partial charge in [0.25, 0.3) is 11.8 Å². The molecule has 0 saturated carbocycles. The number of nitriles is 1. The number of benzene rings is 2. The molecule has 0 radical (unpaired) electrons. The summed E-state index contributed by atoms with van der Waals surface area (Å²) < 4.78 is 0. The maximum absolute atomic E-state index is 12.7. The predicted molar refractivity (Wildman–Crippen MR) is 119 cm³/mol. The van der Waals surface area contributed by atoms with E-state index < -0.39 is 0 Å². The van der Waals surface area contributed by atoms with Crippen LogP contribution in [0.2, 0.25) is 0 Å². The van der Waals surface area contributed by atoms with E-state index in [1.165, 1.54) is 0 Å². The van der Waals surface area contributed by atoms with Crippen LogP contribution in [0.1, 0.15) is 29.2 Å². The van der Waals surface area contributed by atoms with Crippen molar-refractivity contribution in [1.29, 1.82) is 5.26 Å². The van der Waals surface area contributed by atoms with Crippen LogP contribution in [0, 0.1) is 44.9 Å². The standard InChI is InChI=1S/C24H30N4O2/c1-16(12-25)13-28(14-21(29)26-23-17(2)8-6-9-18(23)3)15-22(30)27-24-19(4)10-7-11-20(24)5/h6-11,16H,13-15H2,1-5H3,(H,26,29)(H,27,30)/p+1/t16-/m0/s1. The molecule has 3 N–H and O–H groups in total. The Kier molecular flexibility index (Phi) is 8.14. The Morgan fingerprint density at radius 2 is 1.23 bits per heavy atom. The Balaban J connectivity index is 2.09. The molecule has 1 atom stereocenters. The van der Waals surface area contributed by atoms with Gasteiger partial charge in [-0.1, -0.05) is 36.4 Å². The number of hydrogen-bond acceptors (Lipinski definition) is 3. The highest BCUT2D eigenvalue weighted by Crippen LogP contribution is 2.19. The monoisotopic (exact) mass is 407 g/mol. The van der Waals surface area contributed by atoms with Crippen molar-refractivity contribution in [2.75, 3.05) is 30.3 Å². The summed E-state index contributed by atoms with van der Waals surface area (Å²) in [7, 11) is 0. The van der Waals surface area contributed by atoms with Gasteiger partial charge in [-0.2, -0.15) is 5.26 Å². The molecule has 0 saturated heterocycles. The summed E-state index contributed by atoms with van der Waals surface area (Å²) in [6.07, 6.45) is 0. The van der Waals surface area contributed by atoms with Crippen molar-refractivity contribution in [2.24, 2.45) is 5.92 Å². The average molecular weight is 408 g/mol. The molecule has 0 aliphatic carbocycles. The summed E-state index contributed by atoms with van der Waals surface area (Å²) in [4.78, 5) is 26.1. The van der Waals surface area contributed by atoms with Crippen LogP contribution in [-0.2, 0) is 9.59 Å². The number of carbonyl (C=O) groups excluding carboxylic acids is 2. The fraction of sp³-hybridized carbons (Fsp3) is 0.375. The van der Waals surface area contributed by atoms with E-state index in [-0.39, 0.29) is 30.8 Å². The molecule has 2 aromatic rings. The molecule has 0 aliphatic rings. The third kappa shape index (κ3) is 6.43. The van der Waals surface area contributed by atoms with Gasteiger partial charge in [0.2, 0.25) is 0 Å². The van der Waals surface area contributed by atoms with Crippen molar-refractivity contribution in [3.05, 3.63) is 58.7 Å². The van der Waals surface area contributed by atoms with Crippen LogP contribution < -0.4 is 15.5 Å². The van der Waals surface area contributed by atoms with Crippen LogP contribution in [0.5, 0.6) is 0 Å². The highest BCUT2D eigenvalue weighted by molar-refractivity contribution is 5.94. The molecule has 6 heteroatoms. The molecule has 2 amide bonds. The van der Waals surface area contributed by atoms with Crippen molar-refractivity contribution in [2.45, 2.75) is 34.6 Å². The van der Waals surface area contributed by atoms with Gasteiger partial charge in [-0.15, -0.1) is 0 Å². The van der Waals surface area contributed by atoms with Gasteiger partial charge in [0.15, 0.2) is 13.1 Å². The minimum absolute atomic E-state index is 0.111. The van der Waals surface area contributed by atoms with Crippen LogP contribution in [0.4, 0.5) is 11.4 Å². The fourth-order valence-electron chi connectivity index (χ4n) is 3.53. The summed E-state index contributed by atoms with van der Waals surface area (Å²) in [5.74, 6) is -0.610. The van der Waals surface area contributed by atoms with Gasteiger partial charge in [0.1, 0.15) is 0 Å². The second kappa shape index (κ2) is 10.6. The fourth-order valence-corrected chi connectivity index (χ4v) is 3.53. The first-order valence-electron chi connectivity index (χ1n) is 10.2. The number of nitrogens with zero attached hydrogens (tertiary/aromatic N) is 1. The molecule has 2 rings (SSSR count). The molecule has 6 nitrogen and oxygen atoms in total. The van der Waals surface area contributed by atoms with Gasteiger partial charge in [-0.3, -0.25) is 9.59 Å². The molecule has 0 fully saturated rings. The smallest absolute Gasteiger partial charge is 0.279 e. The summed E-state index contributed by atoms with van der Waals surface area (Å²) >= 11 is 0. The Morgan fingerprint density at radius 1 is 0.867 bits per heavy atom. The molecule has 0 unspecified atom stereocenters. The second-order valence-corrected chi connectivity index (χ2v) is 7.97. The van der Waals surface area contributed by atoms with E-state index in [0.717, 1.165) is 38.5 Å². The number of amides is 2. The zero-order valence-corrected chi connectivity index (χ0v) is 18.4. The number of quaternary nitrogens is 1. The lowest BCUT2D eigenvalue weighted by atomic mass is 10.1. The van der Waals surface area contributed by atoms with Crippen molar-refractivity contribution in [3.8, 4) is 6.07 Å². The molecule has 0 spiro atoms. The van der Waals surface area contributed by atoms with Crippen LogP contribution >= 0.6 is 0 Å². The van der Waals surface area contributed by atoms with Gasteiger partial charge in [0, 0.05) is 11.4 Å². The number of nitrogens with one attached hydrogen (secondary N) is 3. The average Bonchev–Trinajstić information content (AvgIpc) is 2.67. The summed E-state index contributed by atoms with van der Waals surface area (Å²) in [5.41, 5.74) is 5.56. The molecular formula is C24H31N4O2+. The first-order valence-corrected chi connectivity index (χ1v) is 10.2. The van der Waals surface area contributed by atoms with E-state index in [1.807, 2.05) is 64.1 Å². The number of carbonyl (C=O) groups is 2. The lowest BCUT2D eigenvalue weighted by Crippen LogP contribution is -3.14. The van der Waals surface area contributed by atoms with Crippen molar-refractivity contribution in [1.82, 2.24) is 0 Å². The third-order valence-electron chi connectivity index (χ3n) is 5.13. The summed E-state index contributed by atoms with van der Waals surface area (Å²) in [6, 6.07) is 13.9. The lowest BCUT2D eigenvalue weighted by Gasteiger charge is -2.21. The second-order valence-electron chi connectivity index (χ2n) is 7.97. The molecule has 30 heavy (non-hydrogen) atoms. The molecular weight excluding hydrogens is 376 g/mol. The van der Waals surface area contributed by atoms with Gasteiger partial charge < -0.3 is 15.5 Å². The van der Waals surface area contributed by atoms with E-state index in [0.29, 0.717) is 6.54 Å². The first kappa shape index (κ1) is 23.1. The Hall–Kier alpha value is -3.17. The van der Waals surface area contributed by atoms with Crippen LogP contribution in [0.15, 0.2) is 36.4 Å². The number of anilines is 2. The van der Waals surface area contributed by atoms with Crippen molar-refractivity contribution < 1.29 is 14.5 Å². The summed E-state index contributed by atoms with van der Waals surface area (Å²) in [5, 5.41) is 15.1. The number of aryl methyl sites for hydroxylation is 4. The molecule has 0 bridgehead atoms. The molecule has 0 heterocycles. The van der Waals surface area contributed by atoms with Crippen molar-refractivity contribution >= 4 is 23.2 Å². The highest BCUT2D eigenvalue weighted by atomic mass is 16.2. The molecule has 158 valence electrons. The minimum Gasteiger partial charge on any atom is -0.321 e. The Morgan fingerprint density at radius 3 is 1.57 bits per heavy atom. The van der Waals surface area contributed by atoms with Gasteiger partial charge in [0.05, 0.1) is 18.5 Å². The zero-order chi connectivity index (χ0) is 22.3. The van der Waals surface area contributed by atoms with E-state index in [9.17, 15) is 14.9 Å². The predicted octanol–water partition coefficient (Wildman–Crippen LogP) is 2.54. The maximum atomic E-state index is 12.7. The Labute approximate surface area is 178 Å². The quantitative estimate of drug-likeness (QED) is 0.629. The topological polar surface area (TPSA) is 86.4 Å². The van der Waals surface area contributed by atoms with Crippen LogP contribution in [-0.4, -0.2) is 31.4 Å². The number of rotatable bonds is 8. The van der Waals surface area contributed by atoms with Gasteiger partial charge in [-0.05, 0) is 56.9 Å². The van der Waals surface area contributed by atoms with Crippen LogP contribution in [0.3, 0.4) is 0 Å². The van der Waals surface area contributed by atoms with Crippen LogP contribution in [0.25, 0.3) is 0 Å². The van der Waals surface area contributed by atoms with Gasteiger partial charge >= 0.3 is 0 Å². The number of hydrogen-bond donors (Lipinski definition) is 3. The Bertz CT molecular complexity index is 854. The SMILES string of the molecule is Cc1cccc(C)c1NC(=O)C[NH+](CC(=O)Nc1c(C)cccc1C)C[C@@H](C)C#N. The molecule has 0 aliphatic heterocycles. The highest BCUT2D eigenvalue weighted by Gasteiger charge is 2.22. The van der Waals surface area contributed by atoms with Gasteiger partial charge in [-0.25, -0.2) is 0 Å². The first-order chi connectivity index (χ1) is 14.2. The van der Waals surface area contributed by atoms with E-state index in [2.05, 4.69) is 16.7 Å².